The first-order valence-corrected chi connectivity index (χ1v) is 5.69. The first-order chi connectivity index (χ1) is 8.25. The van der Waals surface area contributed by atoms with Crippen LogP contribution < -0.4 is 4.74 Å². The molecular weight excluding hydrogens is 236 g/mol. The van der Waals surface area contributed by atoms with Crippen LogP contribution in [0.1, 0.15) is 17.0 Å². The van der Waals surface area contributed by atoms with E-state index in [0.717, 1.165) is 11.1 Å². The van der Waals surface area contributed by atoms with Gasteiger partial charge in [-0.15, -0.1) is 0 Å². The van der Waals surface area contributed by atoms with Gasteiger partial charge in [-0.1, -0.05) is 41.9 Å². The van der Waals surface area contributed by atoms with Crippen LogP contribution in [0.15, 0.2) is 48.5 Å². The lowest BCUT2D eigenvalue weighted by molar-refractivity contribution is -0.133. The summed E-state index contributed by atoms with van der Waals surface area (Å²) in [5.74, 6) is 0.00613. The number of hydrogen-bond acceptors (Lipinski definition) is 2. The molecule has 0 bridgehead atoms. The molecule has 0 spiro atoms. The van der Waals surface area contributed by atoms with Crippen LogP contribution in [0, 0.1) is 0 Å². The summed E-state index contributed by atoms with van der Waals surface area (Å²) in [6, 6.07) is 14.8. The van der Waals surface area contributed by atoms with E-state index in [1.807, 2.05) is 30.3 Å². The Morgan fingerprint density at radius 3 is 2.59 bits per heavy atom. The first-order valence-electron chi connectivity index (χ1n) is 5.32. The lowest BCUT2D eigenvalue weighted by atomic mass is 9.93. The van der Waals surface area contributed by atoms with E-state index in [4.69, 9.17) is 16.3 Å². The van der Waals surface area contributed by atoms with Gasteiger partial charge in [0.05, 0.1) is 0 Å². The summed E-state index contributed by atoms with van der Waals surface area (Å²) in [5.41, 5.74) is 1.77. The summed E-state index contributed by atoms with van der Waals surface area (Å²) in [4.78, 5) is 11.9. The number of halogens is 1. The Balaban J connectivity index is 2.14. The minimum Gasteiger partial charge on any atom is -0.425 e. The molecule has 1 heterocycles. The van der Waals surface area contributed by atoms with E-state index >= 15 is 0 Å². The maximum Gasteiger partial charge on any atom is 0.323 e. The Labute approximate surface area is 104 Å². The fraction of sp³-hybridized carbons (Fsp3) is 0.0714. The van der Waals surface area contributed by atoms with Crippen LogP contribution in [0.25, 0.3) is 0 Å². The molecule has 1 atom stereocenters. The van der Waals surface area contributed by atoms with E-state index < -0.39 is 0 Å². The van der Waals surface area contributed by atoms with E-state index in [2.05, 4.69) is 0 Å². The third kappa shape index (κ3) is 1.71. The number of benzene rings is 2. The van der Waals surface area contributed by atoms with Gasteiger partial charge in [-0.3, -0.25) is 4.79 Å². The maximum atomic E-state index is 11.9. The predicted octanol–water partition coefficient (Wildman–Crippen LogP) is 3.39. The molecule has 84 valence electrons. The Kier molecular flexibility index (Phi) is 2.37. The highest BCUT2D eigenvalue weighted by molar-refractivity contribution is 6.30. The van der Waals surface area contributed by atoms with Gasteiger partial charge in [-0.25, -0.2) is 0 Å². The van der Waals surface area contributed by atoms with Crippen molar-refractivity contribution < 1.29 is 9.53 Å². The highest BCUT2D eigenvalue weighted by Crippen LogP contribution is 2.40. The van der Waals surface area contributed by atoms with Gasteiger partial charge in [0, 0.05) is 10.6 Å². The number of esters is 1. The number of rotatable bonds is 1. The summed E-state index contributed by atoms with van der Waals surface area (Å²) in [6.07, 6.45) is 0. The van der Waals surface area contributed by atoms with E-state index in [1.54, 1.807) is 18.2 Å². The zero-order valence-corrected chi connectivity index (χ0v) is 9.65. The summed E-state index contributed by atoms with van der Waals surface area (Å²) in [7, 11) is 0. The highest BCUT2D eigenvalue weighted by atomic mass is 35.5. The van der Waals surface area contributed by atoms with Gasteiger partial charge in [0.2, 0.25) is 0 Å². The SMILES string of the molecule is O=C1Oc2ccc(Cl)cc2[C@H]1c1ccccc1. The van der Waals surface area contributed by atoms with Gasteiger partial charge < -0.3 is 4.74 Å². The molecule has 0 unspecified atom stereocenters. The molecule has 17 heavy (non-hydrogen) atoms. The number of ether oxygens (including phenoxy) is 1. The third-order valence-corrected chi connectivity index (χ3v) is 3.10. The van der Waals surface area contributed by atoms with Crippen LogP contribution in [-0.2, 0) is 4.79 Å². The van der Waals surface area contributed by atoms with Crippen molar-refractivity contribution in [2.24, 2.45) is 0 Å². The zero-order valence-electron chi connectivity index (χ0n) is 8.89. The Morgan fingerprint density at radius 1 is 1.06 bits per heavy atom. The van der Waals surface area contributed by atoms with Crippen LogP contribution in [-0.4, -0.2) is 5.97 Å². The molecule has 1 aliphatic heterocycles. The smallest absolute Gasteiger partial charge is 0.323 e. The molecule has 3 rings (SSSR count). The van der Waals surface area contributed by atoms with Crippen LogP contribution in [0.3, 0.4) is 0 Å². The molecule has 3 heteroatoms. The van der Waals surface area contributed by atoms with E-state index in [-0.39, 0.29) is 11.9 Å². The van der Waals surface area contributed by atoms with E-state index in [0.29, 0.717) is 10.8 Å². The average Bonchev–Trinajstić information content (AvgIpc) is 2.65. The molecule has 0 amide bonds. The van der Waals surface area contributed by atoms with E-state index in [9.17, 15) is 4.79 Å². The van der Waals surface area contributed by atoms with Crippen molar-refractivity contribution in [1.82, 2.24) is 0 Å². The van der Waals surface area contributed by atoms with Gasteiger partial charge >= 0.3 is 5.97 Å². The maximum absolute atomic E-state index is 11.9. The quantitative estimate of drug-likeness (QED) is 0.568. The Morgan fingerprint density at radius 2 is 1.82 bits per heavy atom. The second-order valence-corrected chi connectivity index (χ2v) is 4.38. The molecule has 0 aromatic heterocycles. The monoisotopic (exact) mass is 244 g/mol. The van der Waals surface area contributed by atoms with Crippen molar-refractivity contribution in [3.63, 3.8) is 0 Å². The summed E-state index contributed by atoms with van der Waals surface area (Å²) in [6.45, 7) is 0. The zero-order chi connectivity index (χ0) is 11.8. The predicted molar refractivity (Wildman–Crippen MR) is 65.4 cm³/mol. The van der Waals surface area contributed by atoms with Gasteiger partial charge in [-0.2, -0.15) is 0 Å². The molecule has 0 aliphatic carbocycles. The van der Waals surface area contributed by atoms with Crippen LogP contribution >= 0.6 is 11.6 Å². The molecule has 0 saturated carbocycles. The summed E-state index contributed by atoms with van der Waals surface area (Å²) >= 11 is 5.96. The van der Waals surface area contributed by atoms with Gasteiger partial charge in [0.15, 0.2) is 0 Å². The first kappa shape index (κ1) is 10.4. The van der Waals surface area contributed by atoms with E-state index in [1.165, 1.54) is 0 Å². The number of carbonyl (C=O) groups is 1. The molecule has 0 N–H and O–H groups in total. The fourth-order valence-corrected chi connectivity index (χ4v) is 2.27. The van der Waals surface area contributed by atoms with Crippen molar-refractivity contribution in [3.8, 4) is 5.75 Å². The van der Waals surface area contributed by atoms with Crippen molar-refractivity contribution in [2.75, 3.05) is 0 Å². The van der Waals surface area contributed by atoms with Gasteiger partial charge in [-0.05, 0) is 23.8 Å². The fourth-order valence-electron chi connectivity index (χ4n) is 2.09. The number of carbonyl (C=O) groups excluding carboxylic acids is 1. The summed E-state index contributed by atoms with van der Waals surface area (Å²) < 4.78 is 5.23. The Hall–Kier alpha value is -1.80. The normalized spacial score (nSPS) is 17.7. The standard InChI is InChI=1S/C14H9ClO2/c15-10-6-7-12-11(8-10)13(14(16)17-12)9-4-2-1-3-5-9/h1-8,13H/t13-/m1/s1. The topological polar surface area (TPSA) is 26.3 Å². The van der Waals surface area contributed by atoms with Crippen LogP contribution in [0.5, 0.6) is 5.75 Å². The molecule has 0 radical (unpaired) electrons. The van der Waals surface area contributed by atoms with Crippen molar-refractivity contribution in [2.45, 2.75) is 5.92 Å². The van der Waals surface area contributed by atoms with Crippen molar-refractivity contribution in [3.05, 3.63) is 64.7 Å². The molecule has 0 saturated heterocycles. The van der Waals surface area contributed by atoms with Crippen LogP contribution in [0.4, 0.5) is 0 Å². The molecular formula is C14H9ClO2. The van der Waals surface area contributed by atoms with Crippen molar-refractivity contribution in [1.29, 1.82) is 0 Å². The molecule has 0 fully saturated rings. The second-order valence-electron chi connectivity index (χ2n) is 3.95. The molecule has 2 nitrogen and oxygen atoms in total. The lowest BCUT2D eigenvalue weighted by Crippen LogP contribution is -2.11. The summed E-state index contributed by atoms with van der Waals surface area (Å²) in [5, 5.41) is 0.614. The minimum absolute atomic E-state index is 0.242. The largest absolute Gasteiger partial charge is 0.425 e. The number of fused-ring (bicyclic) bond motifs is 1. The average molecular weight is 245 g/mol. The van der Waals surface area contributed by atoms with Crippen molar-refractivity contribution >= 4 is 17.6 Å². The number of hydrogen-bond donors (Lipinski definition) is 0. The molecule has 2 aromatic carbocycles. The highest BCUT2D eigenvalue weighted by Gasteiger charge is 2.34. The Bertz CT molecular complexity index is 578. The third-order valence-electron chi connectivity index (χ3n) is 2.86. The lowest BCUT2D eigenvalue weighted by Gasteiger charge is -2.07. The molecule has 2 aromatic rings. The van der Waals surface area contributed by atoms with Crippen LogP contribution in [0.2, 0.25) is 5.02 Å². The molecule has 1 aliphatic rings. The minimum atomic E-state index is -0.357. The second kappa shape index (κ2) is 3.90. The van der Waals surface area contributed by atoms with Gasteiger partial charge in [0.25, 0.3) is 0 Å². The van der Waals surface area contributed by atoms with Gasteiger partial charge in [0.1, 0.15) is 11.7 Å².